The lowest BCUT2D eigenvalue weighted by molar-refractivity contribution is -0.384. The van der Waals surface area contributed by atoms with Gasteiger partial charge < -0.3 is 10.1 Å². The second-order valence-corrected chi connectivity index (χ2v) is 4.47. The van der Waals surface area contributed by atoms with Crippen LogP contribution in [0.3, 0.4) is 0 Å². The van der Waals surface area contributed by atoms with Gasteiger partial charge in [0.15, 0.2) is 0 Å². The zero-order valence-electron chi connectivity index (χ0n) is 10.9. The lowest BCUT2D eigenvalue weighted by Gasteiger charge is -2.11. The number of hydrogen-bond donors (Lipinski definition) is 1. The van der Waals surface area contributed by atoms with Crippen LogP contribution in [0.15, 0.2) is 30.3 Å². The van der Waals surface area contributed by atoms with Gasteiger partial charge in [0, 0.05) is 6.07 Å². The third kappa shape index (κ3) is 2.97. The summed E-state index contributed by atoms with van der Waals surface area (Å²) in [6.07, 6.45) is 0. The molecular weight excluding hydrogens is 282 g/mol. The van der Waals surface area contributed by atoms with E-state index in [1.54, 1.807) is 6.07 Å². The van der Waals surface area contributed by atoms with E-state index < -0.39 is 4.92 Å². The SMILES string of the molecule is COc1ccc(C)cc1Nc1nc(Cl)ccc1[N+](=O)[O-]. The molecule has 2 rings (SSSR count). The highest BCUT2D eigenvalue weighted by atomic mass is 35.5. The minimum absolute atomic E-state index is 0.0754. The van der Waals surface area contributed by atoms with Crippen molar-refractivity contribution in [2.75, 3.05) is 12.4 Å². The van der Waals surface area contributed by atoms with Crippen LogP contribution in [0, 0.1) is 17.0 Å². The van der Waals surface area contributed by atoms with E-state index in [-0.39, 0.29) is 16.7 Å². The first-order valence-corrected chi connectivity index (χ1v) is 6.11. The lowest BCUT2D eigenvalue weighted by atomic mass is 10.2. The largest absolute Gasteiger partial charge is 0.495 e. The van der Waals surface area contributed by atoms with Crippen LogP contribution in [0.1, 0.15) is 5.56 Å². The van der Waals surface area contributed by atoms with Crippen molar-refractivity contribution >= 4 is 28.8 Å². The van der Waals surface area contributed by atoms with Crippen LogP contribution >= 0.6 is 11.6 Å². The quantitative estimate of drug-likeness (QED) is 0.528. The number of hydrogen-bond acceptors (Lipinski definition) is 5. The highest BCUT2D eigenvalue weighted by molar-refractivity contribution is 6.29. The first kappa shape index (κ1) is 14.1. The average molecular weight is 294 g/mol. The van der Waals surface area contributed by atoms with Gasteiger partial charge >= 0.3 is 5.69 Å². The molecule has 0 amide bonds. The number of benzene rings is 1. The second kappa shape index (κ2) is 5.75. The Morgan fingerprint density at radius 3 is 2.75 bits per heavy atom. The third-order valence-corrected chi connectivity index (χ3v) is 2.86. The molecule has 2 aromatic rings. The topological polar surface area (TPSA) is 77.3 Å². The molecule has 1 heterocycles. The summed E-state index contributed by atoms with van der Waals surface area (Å²) >= 11 is 5.79. The van der Waals surface area contributed by atoms with Gasteiger partial charge in [0.05, 0.1) is 17.7 Å². The molecule has 1 aromatic heterocycles. The van der Waals surface area contributed by atoms with Crippen LogP contribution in [-0.4, -0.2) is 17.0 Å². The Hall–Kier alpha value is -2.34. The number of aromatic nitrogens is 1. The molecule has 0 saturated carbocycles. The van der Waals surface area contributed by atoms with Crippen LogP contribution in [0.25, 0.3) is 0 Å². The third-order valence-electron chi connectivity index (χ3n) is 2.64. The Bertz CT molecular complexity index is 661. The zero-order chi connectivity index (χ0) is 14.7. The minimum Gasteiger partial charge on any atom is -0.495 e. The fraction of sp³-hybridized carbons (Fsp3) is 0.154. The van der Waals surface area contributed by atoms with Crippen molar-refractivity contribution in [2.45, 2.75) is 6.92 Å². The summed E-state index contributed by atoms with van der Waals surface area (Å²) < 4.78 is 5.21. The molecule has 0 radical (unpaired) electrons. The van der Waals surface area contributed by atoms with Gasteiger partial charge in [-0.3, -0.25) is 10.1 Å². The molecule has 0 spiro atoms. The number of ether oxygens (including phenoxy) is 1. The van der Waals surface area contributed by atoms with Crippen LogP contribution in [-0.2, 0) is 0 Å². The number of rotatable bonds is 4. The molecule has 0 unspecified atom stereocenters. The Morgan fingerprint density at radius 1 is 1.35 bits per heavy atom. The Kier molecular flexibility index (Phi) is 4.05. The minimum atomic E-state index is -0.520. The maximum atomic E-state index is 11.0. The normalized spacial score (nSPS) is 10.2. The maximum absolute atomic E-state index is 11.0. The van der Waals surface area contributed by atoms with Gasteiger partial charge in [0.25, 0.3) is 0 Å². The summed E-state index contributed by atoms with van der Waals surface area (Å²) in [4.78, 5) is 14.4. The molecule has 0 fully saturated rings. The van der Waals surface area contributed by atoms with Crippen LogP contribution in [0.5, 0.6) is 5.75 Å². The molecule has 0 bridgehead atoms. The number of anilines is 2. The van der Waals surface area contributed by atoms with Gasteiger partial charge in [-0.05, 0) is 30.7 Å². The Labute approximate surface area is 120 Å². The number of methoxy groups -OCH3 is 1. The fourth-order valence-corrected chi connectivity index (χ4v) is 1.86. The molecule has 0 saturated heterocycles. The van der Waals surface area contributed by atoms with E-state index in [1.165, 1.54) is 19.2 Å². The molecule has 7 heteroatoms. The molecule has 20 heavy (non-hydrogen) atoms. The van der Waals surface area contributed by atoms with Crippen molar-refractivity contribution in [2.24, 2.45) is 0 Å². The first-order chi connectivity index (χ1) is 9.51. The van der Waals surface area contributed by atoms with Gasteiger partial charge in [-0.1, -0.05) is 17.7 Å². The highest BCUT2D eigenvalue weighted by Gasteiger charge is 2.17. The van der Waals surface area contributed by atoms with Crippen molar-refractivity contribution in [3.05, 3.63) is 51.2 Å². The molecule has 104 valence electrons. The summed E-state index contributed by atoms with van der Waals surface area (Å²) in [7, 11) is 1.52. The summed E-state index contributed by atoms with van der Waals surface area (Å²) in [6, 6.07) is 8.14. The summed E-state index contributed by atoms with van der Waals surface area (Å²) in [5.74, 6) is 0.637. The Balaban J connectivity index is 2.46. The van der Waals surface area contributed by atoms with Gasteiger partial charge in [-0.15, -0.1) is 0 Å². The number of nitrogens with one attached hydrogen (secondary N) is 1. The van der Waals surface area contributed by atoms with Crippen molar-refractivity contribution in [1.82, 2.24) is 4.98 Å². The first-order valence-electron chi connectivity index (χ1n) is 5.74. The van der Waals surface area contributed by atoms with Crippen molar-refractivity contribution in [3.8, 4) is 5.75 Å². The summed E-state index contributed by atoms with van der Waals surface area (Å²) in [6.45, 7) is 1.91. The summed E-state index contributed by atoms with van der Waals surface area (Å²) in [5.41, 5.74) is 1.42. The molecule has 0 aliphatic carbocycles. The molecule has 0 aliphatic rings. The predicted octanol–water partition coefficient (Wildman–Crippen LogP) is 3.70. The molecule has 6 nitrogen and oxygen atoms in total. The van der Waals surface area contributed by atoms with E-state index in [0.717, 1.165) is 5.56 Å². The maximum Gasteiger partial charge on any atom is 0.311 e. The van der Waals surface area contributed by atoms with E-state index in [2.05, 4.69) is 10.3 Å². The number of nitro groups is 1. The van der Waals surface area contributed by atoms with Crippen molar-refractivity contribution in [3.63, 3.8) is 0 Å². The highest BCUT2D eigenvalue weighted by Crippen LogP contribution is 2.32. The van der Waals surface area contributed by atoms with Gasteiger partial charge in [-0.2, -0.15) is 0 Å². The molecular formula is C13H12ClN3O3. The van der Waals surface area contributed by atoms with Crippen LogP contribution in [0.4, 0.5) is 17.2 Å². The molecule has 0 aliphatic heterocycles. The van der Waals surface area contributed by atoms with Gasteiger partial charge in [-0.25, -0.2) is 4.98 Å². The number of pyridine rings is 1. The molecule has 0 atom stereocenters. The average Bonchev–Trinajstić information content (AvgIpc) is 2.38. The van der Waals surface area contributed by atoms with E-state index in [4.69, 9.17) is 16.3 Å². The molecule has 1 N–H and O–H groups in total. The fourth-order valence-electron chi connectivity index (χ4n) is 1.71. The van der Waals surface area contributed by atoms with E-state index in [1.807, 2.05) is 19.1 Å². The van der Waals surface area contributed by atoms with E-state index in [9.17, 15) is 10.1 Å². The predicted molar refractivity (Wildman–Crippen MR) is 76.9 cm³/mol. The summed E-state index contributed by atoms with van der Waals surface area (Å²) in [5, 5.41) is 14.1. The van der Waals surface area contributed by atoms with Gasteiger partial charge in [0.1, 0.15) is 10.9 Å². The standard InChI is InChI=1S/C13H12ClN3O3/c1-8-3-5-11(20-2)9(7-8)15-13-10(17(18)19)4-6-12(14)16-13/h3-7H,1-2H3,(H,15,16). The Morgan fingerprint density at radius 2 is 2.10 bits per heavy atom. The number of halogens is 1. The van der Waals surface area contributed by atoms with Gasteiger partial charge in [0.2, 0.25) is 5.82 Å². The van der Waals surface area contributed by atoms with Crippen molar-refractivity contribution in [1.29, 1.82) is 0 Å². The van der Waals surface area contributed by atoms with Crippen LogP contribution in [0.2, 0.25) is 5.15 Å². The zero-order valence-corrected chi connectivity index (χ0v) is 11.6. The monoisotopic (exact) mass is 293 g/mol. The second-order valence-electron chi connectivity index (χ2n) is 4.09. The van der Waals surface area contributed by atoms with E-state index >= 15 is 0 Å². The molecule has 1 aromatic carbocycles. The lowest BCUT2D eigenvalue weighted by Crippen LogP contribution is -2.01. The van der Waals surface area contributed by atoms with Crippen LogP contribution < -0.4 is 10.1 Å². The smallest absolute Gasteiger partial charge is 0.311 e. The number of nitrogens with zero attached hydrogens (tertiary/aromatic N) is 2. The number of aryl methyl sites for hydroxylation is 1. The van der Waals surface area contributed by atoms with E-state index in [0.29, 0.717) is 11.4 Å². The van der Waals surface area contributed by atoms with Crippen molar-refractivity contribution < 1.29 is 9.66 Å².